The SMILES string of the molecule is COC(=O)c1ccccc1NC(=O)C(C)OC(=O)c1ccc(N)cc1. The van der Waals surface area contributed by atoms with Crippen LogP contribution in [0.4, 0.5) is 11.4 Å². The van der Waals surface area contributed by atoms with E-state index in [0.29, 0.717) is 5.69 Å². The van der Waals surface area contributed by atoms with E-state index in [2.05, 4.69) is 10.1 Å². The van der Waals surface area contributed by atoms with Crippen LogP contribution >= 0.6 is 0 Å². The summed E-state index contributed by atoms with van der Waals surface area (Å²) >= 11 is 0. The van der Waals surface area contributed by atoms with Crippen molar-refractivity contribution < 1.29 is 23.9 Å². The number of hydrogen-bond acceptors (Lipinski definition) is 6. The molecule has 130 valence electrons. The zero-order valence-corrected chi connectivity index (χ0v) is 13.8. The van der Waals surface area contributed by atoms with Gasteiger partial charge in [0.2, 0.25) is 0 Å². The number of carbonyl (C=O) groups excluding carboxylic acids is 3. The van der Waals surface area contributed by atoms with Gasteiger partial charge in [-0.05, 0) is 43.3 Å². The molecule has 7 nitrogen and oxygen atoms in total. The lowest BCUT2D eigenvalue weighted by Crippen LogP contribution is -2.30. The summed E-state index contributed by atoms with van der Waals surface area (Å²) in [5.41, 5.74) is 6.83. The molecule has 7 heteroatoms. The minimum atomic E-state index is -1.06. The van der Waals surface area contributed by atoms with Gasteiger partial charge in [0.1, 0.15) is 0 Å². The zero-order chi connectivity index (χ0) is 18.4. The van der Waals surface area contributed by atoms with Gasteiger partial charge in [0.05, 0.1) is 23.9 Å². The number of carbonyl (C=O) groups is 3. The summed E-state index contributed by atoms with van der Waals surface area (Å²) in [6.45, 7) is 1.44. The predicted molar refractivity (Wildman–Crippen MR) is 92.1 cm³/mol. The van der Waals surface area contributed by atoms with E-state index in [1.54, 1.807) is 30.3 Å². The monoisotopic (exact) mass is 342 g/mol. The van der Waals surface area contributed by atoms with E-state index in [-0.39, 0.29) is 16.8 Å². The zero-order valence-electron chi connectivity index (χ0n) is 13.8. The fourth-order valence-electron chi connectivity index (χ4n) is 2.02. The summed E-state index contributed by atoms with van der Waals surface area (Å²) in [6.07, 6.45) is -1.06. The van der Waals surface area contributed by atoms with Crippen molar-refractivity contribution in [2.75, 3.05) is 18.2 Å². The van der Waals surface area contributed by atoms with Crippen LogP contribution in [0.2, 0.25) is 0 Å². The van der Waals surface area contributed by atoms with Crippen LogP contribution in [-0.4, -0.2) is 31.1 Å². The molecule has 0 spiro atoms. The number of ether oxygens (including phenoxy) is 2. The molecule has 0 saturated carbocycles. The van der Waals surface area contributed by atoms with Crippen LogP contribution in [0.15, 0.2) is 48.5 Å². The summed E-state index contributed by atoms with van der Waals surface area (Å²) < 4.78 is 9.79. The topological polar surface area (TPSA) is 108 Å². The molecule has 2 aromatic rings. The molecule has 0 aliphatic carbocycles. The summed E-state index contributed by atoms with van der Waals surface area (Å²) in [4.78, 5) is 36.0. The maximum absolute atomic E-state index is 12.2. The van der Waals surface area contributed by atoms with Crippen molar-refractivity contribution in [3.63, 3.8) is 0 Å². The average Bonchev–Trinajstić information content (AvgIpc) is 2.61. The molecule has 0 fully saturated rings. The van der Waals surface area contributed by atoms with E-state index in [1.165, 1.54) is 32.2 Å². The molecule has 0 saturated heterocycles. The molecule has 2 aromatic carbocycles. The quantitative estimate of drug-likeness (QED) is 0.637. The Balaban J connectivity index is 2.05. The molecule has 0 bridgehead atoms. The van der Waals surface area contributed by atoms with Crippen LogP contribution < -0.4 is 11.1 Å². The second kappa shape index (κ2) is 7.96. The van der Waals surface area contributed by atoms with Gasteiger partial charge in [0.25, 0.3) is 5.91 Å². The lowest BCUT2D eigenvalue weighted by atomic mass is 10.1. The van der Waals surface area contributed by atoms with Gasteiger partial charge in [0.15, 0.2) is 6.10 Å². The van der Waals surface area contributed by atoms with Gasteiger partial charge < -0.3 is 20.5 Å². The van der Waals surface area contributed by atoms with E-state index in [4.69, 9.17) is 10.5 Å². The Morgan fingerprint density at radius 3 is 2.28 bits per heavy atom. The summed E-state index contributed by atoms with van der Waals surface area (Å²) in [5, 5.41) is 2.55. The van der Waals surface area contributed by atoms with Gasteiger partial charge in [-0.2, -0.15) is 0 Å². The molecule has 2 rings (SSSR count). The number of methoxy groups -OCH3 is 1. The number of anilines is 2. The number of benzene rings is 2. The number of nitrogen functional groups attached to an aromatic ring is 1. The number of esters is 2. The fraction of sp³-hybridized carbons (Fsp3) is 0.167. The normalized spacial score (nSPS) is 11.3. The third kappa shape index (κ3) is 4.57. The van der Waals surface area contributed by atoms with E-state index in [1.807, 2.05) is 0 Å². The molecular formula is C18H18N2O5. The van der Waals surface area contributed by atoms with Crippen molar-refractivity contribution in [1.82, 2.24) is 0 Å². The van der Waals surface area contributed by atoms with Gasteiger partial charge in [0, 0.05) is 5.69 Å². The Kier molecular flexibility index (Phi) is 5.73. The third-order valence-corrected chi connectivity index (χ3v) is 3.39. The predicted octanol–water partition coefficient (Wildman–Crippen LogP) is 2.24. The van der Waals surface area contributed by atoms with E-state index < -0.39 is 23.9 Å². The molecule has 0 radical (unpaired) electrons. The highest BCUT2D eigenvalue weighted by Gasteiger charge is 2.21. The number of rotatable bonds is 5. The van der Waals surface area contributed by atoms with Crippen molar-refractivity contribution in [2.45, 2.75) is 13.0 Å². The van der Waals surface area contributed by atoms with Gasteiger partial charge in [-0.25, -0.2) is 9.59 Å². The Bertz CT molecular complexity index is 786. The molecular weight excluding hydrogens is 324 g/mol. The van der Waals surface area contributed by atoms with Crippen molar-refractivity contribution in [1.29, 1.82) is 0 Å². The molecule has 0 aliphatic heterocycles. The number of hydrogen-bond donors (Lipinski definition) is 2. The number of nitrogens with two attached hydrogens (primary N) is 1. The second-order valence-corrected chi connectivity index (χ2v) is 5.20. The van der Waals surface area contributed by atoms with Crippen molar-refractivity contribution >= 4 is 29.2 Å². The first-order chi connectivity index (χ1) is 11.9. The Hall–Kier alpha value is -3.35. The molecule has 1 amide bonds. The molecule has 0 heterocycles. The van der Waals surface area contributed by atoms with Crippen LogP contribution in [0.5, 0.6) is 0 Å². The van der Waals surface area contributed by atoms with Crippen LogP contribution in [0, 0.1) is 0 Å². The Morgan fingerprint density at radius 2 is 1.64 bits per heavy atom. The van der Waals surface area contributed by atoms with Crippen molar-refractivity contribution in [2.24, 2.45) is 0 Å². The Labute approximate surface area is 144 Å². The van der Waals surface area contributed by atoms with Crippen LogP contribution in [0.1, 0.15) is 27.6 Å². The van der Waals surface area contributed by atoms with Gasteiger partial charge in [-0.1, -0.05) is 12.1 Å². The molecule has 1 unspecified atom stereocenters. The average molecular weight is 342 g/mol. The van der Waals surface area contributed by atoms with Crippen LogP contribution in [-0.2, 0) is 14.3 Å². The van der Waals surface area contributed by atoms with Crippen molar-refractivity contribution in [3.05, 3.63) is 59.7 Å². The molecule has 3 N–H and O–H groups in total. The molecule has 1 atom stereocenters. The van der Waals surface area contributed by atoms with Gasteiger partial charge in [-0.3, -0.25) is 4.79 Å². The summed E-state index contributed by atoms with van der Waals surface area (Å²) in [5.74, 6) is -1.80. The van der Waals surface area contributed by atoms with Gasteiger partial charge >= 0.3 is 11.9 Å². The highest BCUT2D eigenvalue weighted by Crippen LogP contribution is 2.17. The number of amides is 1. The smallest absolute Gasteiger partial charge is 0.339 e. The van der Waals surface area contributed by atoms with E-state index in [9.17, 15) is 14.4 Å². The minimum absolute atomic E-state index is 0.204. The fourth-order valence-corrected chi connectivity index (χ4v) is 2.02. The summed E-state index contributed by atoms with van der Waals surface area (Å²) in [6, 6.07) is 12.5. The lowest BCUT2D eigenvalue weighted by Gasteiger charge is -2.15. The largest absolute Gasteiger partial charge is 0.465 e. The van der Waals surface area contributed by atoms with Gasteiger partial charge in [-0.15, -0.1) is 0 Å². The highest BCUT2D eigenvalue weighted by molar-refractivity contribution is 6.03. The minimum Gasteiger partial charge on any atom is -0.465 e. The highest BCUT2D eigenvalue weighted by atomic mass is 16.5. The standard InChI is InChI=1S/C18H18N2O5/c1-11(25-17(22)12-7-9-13(19)10-8-12)16(21)20-15-6-4-3-5-14(15)18(23)24-2/h3-11H,19H2,1-2H3,(H,20,21). The van der Waals surface area contributed by atoms with E-state index >= 15 is 0 Å². The number of para-hydroxylation sites is 1. The summed E-state index contributed by atoms with van der Waals surface area (Å²) in [7, 11) is 1.25. The third-order valence-electron chi connectivity index (χ3n) is 3.39. The maximum atomic E-state index is 12.2. The molecule has 0 aromatic heterocycles. The Morgan fingerprint density at radius 1 is 1.00 bits per heavy atom. The molecule has 0 aliphatic rings. The first-order valence-electron chi connectivity index (χ1n) is 7.47. The van der Waals surface area contributed by atoms with Crippen LogP contribution in [0.25, 0.3) is 0 Å². The van der Waals surface area contributed by atoms with E-state index in [0.717, 1.165) is 0 Å². The first-order valence-corrected chi connectivity index (χ1v) is 7.47. The van der Waals surface area contributed by atoms with Crippen LogP contribution in [0.3, 0.4) is 0 Å². The molecule has 25 heavy (non-hydrogen) atoms. The second-order valence-electron chi connectivity index (χ2n) is 5.20. The number of nitrogens with one attached hydrogen (secondary N) is 1. The van der Waals surface area contributed by atoms with Crippen molar-refractivity contribution in [3.8, 4) is 0 Å². The lowest BCUT2D eigenvalue weighted by molar-refractivity contribution is -0.123. The maximum Gasteiger partial charge on any atom is 0.339 e. The first kappa shape index (κ1) is 18.0.